The molecule has 3 aromatic carbocycles. The number of hydrogen-bond donors (Lipinski definition) is 10. The van der Waals surface area contributed by atoms with Crippen LogP contribution in [0.4, 0.5) is 0 Å². The first kappa shape index (κ1) is 42.9. The molecule has 0 saturated carbocycles. The highest BCUT2D eigenvalue weighted by Gasteiger charge is 2.50. The van der Waals surface area contributed by atoms with Crippen molar-refractivity contribution < 1.29 is 98.2 Å². The van der Waals surface area contributed by atoms with Gasteiger partial charge in [0.1, 0.15) is 59.6 Å². The molecule has 6 rings (SSSR count). The number of carbonyl (C=O) groups excluding carboxylic acids is 1. The van der Waals surface area contributed by atoms with E-state index in [4.69, 9.17) is 42.3 Å². The van der Waals surface area contributed by atoms with Gasteiger partial charge in [-0.25, -0.2) is 9.21 Å². The molecular formula is C39H43O20+. The molecule has 59 heavy (non-hydrogen) atoms. The van der Waals surface area contributed by atoms with Gasteiger partial charge in [-0.15, -0.1) is 0 Å². The Balaban J connectivity index is 1.33. The summed E-state index contributed by atoms with van der Waals surface area (Å²) in [6.45, 7) is -1.47. The molecule has 0 amide bonds. The van der Waals surface area contributed by atoms with E-state index in [-0.39, 0.29) is 62.5 Å². The maximum Gasteiger partial charge on any atom is 0.402 e. The van der Waals surface area contributed by atoms with Crippen LogP contribution in [0.3, 0.4) is 0 Å². The van der Waals surface area contributed by atoms with Crippen molar-refractivity contribution in [2.45, 2.75) is 61.4 Å². The number of aliphatic hydroxyl groups excluding tert-OH is 6. The number of phenolic OH excluding ortho intramolecular Hbond substituents is 4. The van der Waals surface area contributed by atoms with Crippen LogP contribution < -0.4 is 18.9 Å². The third kappa shape index (κ3) is 9.00. The molecule has 2 saturated heterocycles. The van der Waals surface area contributed by atoms with Gasteiger partial charge >= 0.3 is 17.3 Å². The fourth-order valence-corrected chi connectivity index (χ4v) is 6.44. The molecule has 0 radical (unpaired) electrons. The van der Waals surface area contributed by atoms with Gasteiger partial charge in [-0.05, 0) is 35.9 Å². The Morgan fingerprint density at radius 3 is 2.05 bits per heavy atom. The van der Waals surface area contributed by atoms with Crippen LogP contribution in [0.5, 0.6) is 46.0 Å². The smallest absolute Gasteiger partial charge is 0.402 e. The molecule has 0 spiro atoms. The summed E-state index contributed by atoms with van der Waals surface area (Å²) in [4.78, 5) is 13.2. The van der Waals surface area contributed by atoms with Crippen LogP contribution in [0, 0.1) is 0 Å². The maximum atomic E-state index is 13.2. The van der Waals surface area contributed by atoms with Crippen molar-refractivity contribution in [2.24, 2.45) is 0 Å². The number of methoxy groups -OCH3 is 3. The fourth-order valence-electron chi connectivity index (χ4n) is 6.44. The highest BCUT2D eigenvalue weighted by molar-refractivity contribution is 5.89. The van der Waals surface area contributed by atoms with Crippen LogP contribution in [0.1, 0.15) is 5.56 Å². The predicted molar refractivity (Wildman–Crippen MR) is 199 cm³/mol. The molecule has 20 nitrogen and oxygen atoms in total. The number of esters is 1. The van der Waals surface area contributed by atoms with Gasteiger partial charge < -0.3 is 89.0 Å². The van der Waals surface area contributed by atoms with E-state index < -0.39 is 86.3 Å². The van der Waals surface area contributed by atoms with Gasteiger partial charge in [0.25, 0.3) is 0 Å². The van der Waals surface area contributed by atoms with Crippen molar-refractivity contribution in [3.8, 4) is 57.3 Å². The van der Waals surface area contributed by atoms with Gasteiger partial charge in [-0.2, -0.15) is 0 Å². The first-order valence-electron chi connectivity index (χ1n) is 17.8. The Morgan fingerprint density at radius 1 is 0.729 bits per heavy atom. The van der Waals surface area contributed by atoms with E-state index in [9.17, 15) is 55.9 Å². The van der Waals surface area contributed by atoms with Crippen molar-refractivity contribution in [2.75, 3.05) is 34.5 Å². The van der Waals surface area contributed by atoms with Crippen LogP contribution >= 0.6 is 0 Å². The standard InChI is InChI=1S/C39H42O20/c1-51-23-10-17(5-6-20(23)42)36-26(13-19-21(43)11-18(41)12-22(19)55-36)56-39-35(50)33(48)37(28(58-39)15-54-38-34(49)32(47)31(46)27(14-40)57-38)59-29(44)7-4-16-8-24(52-2)30(45)25(9-16)53-3/h4-13,27-28,31-35,37-40,46-50H,14-15H2,1-3H3,(H3-,41,42,43,44,45)/p+1/t27?,28?,31-,32?,33?,34?,35?,37-,38-,39-/m1/s1. The third-order valence-electron chi connectivity index (χ3n) is 9.58. The number of aliphatic hydroxyl groups is 6. The minimum atomic E-state index is -1.99. The highest BCUT2D eigenvalue weighted by atomic mass is 16.7. The number of ether oxygens (including phenoxy) is 8. The van der Waals surface area contributed by atoms with Crippen LogP contribution in [0.2, 0.25) is 0 Å². The van der Waals surface area contributed by atoms with Gasteiger partial charge in [-0.3, -0.25) is 0 Å². The summed E-state index contributed by atoms with van der Waals surface area (Å²) in [7, 11) is 3.93. The number of benzene rings is 3. The summed E-state index contributed by atoms with van der Waals surface area (Å²) in [5.41, 5.74) is 0.543. The lowest BCUT2D eigenvalue weighted by molar-refractivity contribution is -0.323. The normalized spacial score (nSPS) is 27.1. The molecule has 3 heterocycles. The Labute approximate surface area is 334 Å². The van der Waals surface area contributed by atoms with Crippen molar-refractivity contribution in [3.63, 3.8) is 0 Å². The molecule has 318 valence electrons. The number of phenols is 4. The summed E-state index contributed by atoms with van der Waals surface area (Å²) >= 11 is 0. The van der Waals surface area contributed by atoms with Crippen molar-refractivity contribution in [3.05, 3.63) is 60.2 Å². The van der Waals surface area contributed by atoms with Crippen LogP contribution in [-0.2, 0) is 23.7 Å². The first-order valence-corrected chi connectivity index (χ1v) is 17.8. The lowest BCUT2D eigenvalue weighted by atomic mass is 9.98. The molecule has 2 aliphatic heterocycles. The Morgan fingerprint density at radius 2 is 1.39 bits per heavy atom. The zero-order valence-electron chi connectivity index (χ0n) is 31.5. The summed E-state index contributed by atoms with van der Waals surface area (Å²) in [5, 5.41) is 105. The number of carbonyl (C=O) groups is 1. The summed E-state index contributed by atoms with van der Waals surface area (Å²) in [6, 6.07) is 10.4. The number of hydrogen-bond acceptors (Lipinski definition) is 19. The summed E-state index contributed by atoms with van der Waals surface area (Å²) in [6.07, 6.45) is -15.3. The second-order valence-corrected chi connectivity index (χ2v) is 13.4. The lowest BCUT2D eigenvalue weighted by Crippen LogP contribution is -2.63. The average molecular weight is 832 g/mol. The van der Waals surface area contributed by atoms with Crippen LogP contribution in [-0.4, -0.2) is 153 Å². The minimum Gasteiger partial charge on any atom is -0.507 e. The molecular weight excluding hydrogens is 788 g/mol. The van der Waals surface area contributed by atoms with Gasteiger partial charge in [0.05, 0.1) is 46.2 Å². The molecule has 2 aliphatic rings. The number of rotatable bonds is 13. The zero-order valence-corrected chi connectivity index (χ0v) is 31.5. The SMILES string of the molecule is COc1cc(-c2[o+]c3cc(O)cc(O)c3cc2O[C@@H]2OC(CO[C@@H]3OC(CO)[C@@H](O)C(O)C3O)[C@@H](OC(=O)/C=C/c3cc(OC)c(O)c(OC)c3)C(O)C2O)ccc1O. The van der Waals surface area contributed by atoms with E-state index in [1.807, 2.05) is 0 Å². The third-order valence-corrected chi connectivity index (χ3v) is 9.58. The van der Waals surface area contributed by atoms with E-state index >= 15 is 0 Å². The Kier molecular flexibility index (Phi) is 13.1. The number of fused-ring (bicyclic) bond motifs is 1. The second-order valence-electron chi connectivity index (χ2n) is 13.4. The molecule has 10 N–H and O–H groups in total. The van der Waals surface area contributed by atoms with E-state index in [0.29, 0.717) is 5.56 Å². The molecule has 20 heteroatoms. The van der Waals surface area contributed by atoms with E-state index in [1.54, 1.807) is 0 Å². The van der Waals surface area contributed by atoms with Crippen molar-refractivity contribution in [1.29, 1.82) is 0 Å². The predicted octanol–water partition coefficient (Wildman–Crippen LogP) is 0.496. The Bertz CT molecular complexity index is 2130. The lowest BCUT2D eigenvalue weighted by Gasteiger charge is -2.43. The Hall–Kier alpha value is -5.68. The first-order chi connectivity index (χ1) is 28.2. The van der Waals surface area contributed by atoms with E-state index in [1.165, 1.54) is 69.9 Å². The largest absolute Gasteiger partial charge is 0.507 e. The van der Waals surface area contributed by atoms with Crippen molar-refractivity contribution in [1.82, 2.24) is 0 Å². The molecule has 0 bridgehead atoms. The molecule has 2 fully saturated rings. The maximum absolute atomic E-state index is 13.2. The quantitative estimate of drug-likeness (QED) is 0.0498. The molecule has 10 atom stereocenters. The van der Waals surface area contributed by atoms with E-state index in [2.05, 4.69) is 0 Å². The zero-order chi connectivity index (χ0) is 42.7. The topological polar surface area (TPSA) is 305 Å². The molecule has 4 aromatic rings. The van der Waals surface area contributed by atoms with Gasteiger partial charge in [0, 0.05) is 24.3 Å². The van der Waals surface area contributed by atoms with Crippen molar-refractivity contribution >= 4 is 23.0 Å². The van der Waals surface area contributed by atoms with Gasteiger partial charge in [0.2, 0.25) is 17.8 Å². The van der Waals surface area contributed by atoms with Gasteiger partial charge in [0.15, 0.2) is 35.4 Å². The molecule has 0 aliphatic carbocycles. The monoisotopic (exact) mass is 831 g/mol. The van der Waals surface area contributed by atoms with Crippen LogP contribution in [0.25, 0.3) is 28.4 Å². The number of aromatic hydroxyl groups is 4. The minimum absolute atomic E-state index is 0.0166. The summed E-state index contributed by atoms with van der Waals surface area (Å²) < 4.78 is 50.3. The summed E-state index contributed by atoms with van der Waals surface area (Å²) in [5.74, 6) is -2.54. The van der Waals surface area contributed by atoms with E-state index in [0.717, 1.165) is 12.1 Å². The molecule has 1 aromatic heterocycles. The highest BCUT2D eigenvalue weighted by Crippen LogP contribution is 2.43. The molecule has 6 unspecified atom stereocenters. The van der Waals surface area contributed by atoms with Crippen LogP contribution in [0.15, 0.2) is 59.0 Å². The van der Waals surface area contributed by atoms with Gasteiger partial charge in [-0.1, -0.05) is 0 Å². The fraction of sp³-hybridized carbons (Fsp3) is 0.385. The average Bonchev–Trinajstić information content (AvgIpc) is 3.22. The second kappa shape index (κ2) is 18.1.